The van der Waals surface area contributed by atoms with Crippen molar-refractivity contribution in [2.75, 3.05) is 6.54 Å². The van der Waals surface area contributed by atoms with Crippen molar-refractivity contribution in [1.29, 1.82) is 0 Å². The summed E-state index contributed by atoms with van der Waals surface area (Å²) in [5, 5.41) is 4.00. The number of rotatable bonds is 6. The van der Waals surface area contributed by atoms with E-state index < -0.39 is 0 Å². The van der Waals surface area contributed by atoms with Crippen LogP contribution in [-0.4, -0.2) is 23.5 Å². The molecule has 1 aliphatic heterocycles. The van der Waals surface area contributed by atoms with E-state index in [-0.39, 0.29) is 17.8 Å². The Balaban J connectivity index is 1.75. The number of hydrogen-bond donors (Lipinski definition) is 2. The molecule has 2 aromatic rings. The molecule has 1 unspecified atom stereocenters. The maximum Gasteiger partial charge on any atom is 0.220 e. The van der Waals surface area contributed by atoms with Crippen LogP contribution in [0.25, 0.3) is 10.9 Å². The van der Waals surface area contributed by atoms with E-state index in [0.717, 1.165) is 47.7 Å². The van der Waals surface area contributed by atoms with Gasteiger partial charge < -0.3 is 15.0 Å². The second-order valence-electron chi connectivity index (χ2n) is 6.24. The van der Waals surface area contributed by atoms with Crippen LogP contribution in [0.2, 0.25) is 0 Å². The molecule has 3 rings (SSSR count). The molecule has 1 aliphatic rings. The molecule has 0 radical (unpaired) electrons. The van der Waals surface area contributed by atoms with Crippen molar-refractivity contribution in [2.45, 2.75) is 52.1 Å². The normalized spacial score (nSPS) is 16.4. The van der Waals surface area contributed by atoms with Gasteiger partial charge in [-0.25, -0.2) is 4.39 Å². The SMILES string of the molecule is CCCCC(=O)NCCc1c[nH]c2cc(F)c3c(c12)CC(C)O3. The number of carbonyl (C=O) groups excluding carboxylic acids is 1. The fourth-order valence-corrected chi connectivity index (χ4v) is 3.21. The number of carbonyl (C=O) groups is 1. The maximum atomic E-state index is 14.1. The van der Waals surface area contributed by atoms with E-state index in [1.54, 1.807) is 0 Å². The fourth-order valence-electron chi connectivity index (χ4n) is 3.21. The Hall–Kier alpha value is -2.04. The van der Waals surface area contributed by atoms with Gasteiger partial charge in [-0.3, -0.25) is 4.79 Å². The Bertz CT molecular complexity index is 723. The van der Waals surface area contributed by atoms with Crippen LogP contribution in [0.4, 0.5) is 4.39 Å². The number of aromatic nitrogens is 1. The minimum absolute atomic E-state index is 0.00148. The van der Waals surface area contributed by atoms with Crippen LogP contribution in [0, 0.1) is 5.82 Å². The van der Waals surface area contributed by atoms with Gasteiger partial charge in [-0.2, -0.15) is 0 Å². The van der Waals surface area contributed by atoms with E-state index in [1.165, 1.54) is 6.07 Å². The number of unbranched alkanes of at least 4 members (excludes halogenated alkanes) is 1. The molecule has 1 atom stereocenters. The Kier molecular flexibility index (Phi) is 4.55. The predicted octanol–water partition coefficient (Wildman–Crippen LogP) is 3.48. The van der Waals surface area contributed by atoms with Gasteiger partial charge in [-0.05, 0) is 25.3 Å². The number of halogens is 1. The second kappa shape index (κ2) is 6.60. The molecule has 0 fully saturated rings. The Morgan fingerprint density at radius 1 is 1.52 bits per heavy atom. The molecule has 0 saturated carbocycles. The van der Waals surface area contributed by atoms with E-state index in [0.29, 0.717) is 18.7 Å². The number of amides is 1. The van der Waals surface area contributed by atoms with Gasteiger partial charge >= 0.3 is 0 Å². The van der Waals surface area contributed by atoms with Crippen molar-refractivity contribution in [3.8, 4) is 5.75 Å². The molecule has 0 bridgehead atoms. The summed E-state index contributed by atoms with van der Waals surface area (Å²) in [6.07, 6.45) is 5.87. The lowest BCUT2D eigenvalue weighted by Gasteiger charge is -2.07. The summed E-state index contributed by atoms with van der Waals surface area (Å²) in [4.78, 5) is 14.8. The van der Waals surface area contributed by atoms with E-state index in [1.807, 2.05) is 13.1 Å². The van der Waals surface area contributed by atoms with Gasteiger partial charge in [0, 0.05) is 48.1 Å². The van der Waals surface area contributed by atoms with Crippen LogP contribution in [0.15, 0.2) is 12.3 Å². The number of nitrogens with one attached hydrogen (secondary N) is 2. The van der Waals surface area contributed by atoms with Crippen molar-refractivity contribution in [1.82, 2.24) is 10.3 Å². The van der Waals surface area contributed by atoms with E-state index >= 15 is 0 Å². The summed E-state index contributed by atoms with van der Waals surface area (Å²) in [6.45, 7) is 4.62. The number of fused-ring (bicyclic) bond motifs is 3. The fraction of sp³-hybridized carbons (Fsp3) is 0.500. The first-order valence-electron chi connectivity index (χ1n) is 8.34. The van der Waals surface area contributed by atoms with Crippen LogP contribution in [0.3, 0.4) is 0 Å². The van der Waals surface area contributed by atoms with Gasteiger partial charge in [0.2, 0.25) is 5.91 Å². The monoisotopic (exact) mass is 318 g/mol. The van der Waals surface area contributed by atoms with Gasteiger partial charge in [-0.1, -0.05) is 13.3 Å². The van der Waals surface area contributed by atoms with Gasteiger partial charge in [0.25, 0.3) is 0 Å². The Labute approximate surface area is 135 Å². The van der Waals surface area contributed by atoms with E-state index in [2.05, 4.69) is 17.2 Å². The van der Waals surface area contributed by atoms with Gasteiger partial charge in [0.1, 0.15) is 6.10 Å². The van der Waals surface area contributed by atoms with Crippen LogP contribution in [-0.2, 0) is 17.6 Å². The first kappa shape index (κ1) is 15.8. The summed E-state index contributed by atoms with van der Waals surface area (Å²) < 4.78 is 19.7. The standard InChI is InChI=1S/C18H23FN2O2/c1-3-4-5-16(22)20-7-6-12-10-21-15-9-14(19)18-13(17(12)15)8-11(2)23-18/h9-11,21H,3-8H2,1-2H3,(H,20,22). The van der Waals surface area contributed by atoms with Crippen molar-refractivity contribution in [3.05, 3.63) is 29.2 Å². The number of ether oxygens (including phenoxy) is 1. The number of benzene rings is 1. The minimum atomic E-state index is -0.307. The van der Waals surface area contributed by atoms with E-state index in [9.17, 15) is 9.18 Å². The molecule has 1 aromatic heterocycles. The first-order chi connectivity index (χ1) is 11.1. The number of aromatic amines is 1. The molecule has 5 heteroatoms. The zero-order valence-electron chi connectivity index (χ0n) is 13.7. The molecule has 1 aromatic carbocycles. The third-order valence-corrected chi connectivity index (χ3v) is 4.34. The van der Waals surface area contributed by atoms with Gasteiger partial charge in [-0.15, -0.1) is 0 Å². The summed E-state index contributed by atoms with van der Waals surface area (Å²) in [5.41, 5.74) is 2.84. The highest BCUT2D eigenvalue weighted by atomic mass is 19.1. The average Bonchev–Trinajstić information content (AvgIpc) is 3.09. The quantitative estimate of drug-likeness (QED) is 0.857. The summed E-state index contributed by atoms with van der Waals surface area (Å²) in [7, 11) is 0. The van der Waals surface area contributed by atoms with Crippen LogP contribution < -0.4 is 10.1 Å². The number of H-pyrrole nitrogens is 1. The topological polar surface area (TPSA) is 54.1 Å². The van der Waals surface area contributed by atoms with Crippen molar-refractivity contribution in [2.24, 2.45) is 0 Å². The van der Waals surface area contributed by atoms with Crippen molar-refractivity contribution < 1.29 is 13.9 Å². The smallest absolute Gasteiger partial charge is 0.220 e. The third kappa shape index (κ3) is 3.19. The van der Waals surface area contributed by atoms with Crippen molar-refractivity contribution in [3.63, 3.8) is 0 Å². The molecule has 1 amide bonds. The summed E-state index contributed by atoms with van der Waals surface area (Å²) in [6, 6.07) is 1.50. The van der Waals surface area contributed by atoms with Crippen LogP contribution in [0.5, 0.6) is 5.75 Å². The van der Waals surface area contributed by atoms with Gasteiger partial charge in [0.05, 0.1) is 0 Å². The van der Waals surface area contributed by atoms with Crippen LogP contribution in [0.1, 0.15) is 44.2 Å². The molecular weight excluding hydrogens is 295 g/mol. The molecular formula is C18H23FN2O2. The lowest BCUT2D eigenvalue weighted by atomic mass is 10.0. The molecule has 2 heterocycles. The lowest BCUT2D eigenvalue weighted by Crippen LogP contribution is -2.25. The highest BCUT2D eigenvalue weighted by Crippen LogP contribution is 2.38. The number of hydrogen-bond acceptors (Lipinski definition) is 2. The molecule has 0 spiro atoms. The minimum Gasteiger partial charge on any atom is -0.487 e. The third-order valence-electron chi connectivity index (χ3n) is 4.34. The highest BCUT2D eigenvalue weighted by molar-refractivity contribution is 5.89. The lowest BCUT2D eigenvalue weighted by molar-refractivity contribution is -0.121. The predicted molar refractivity (Wildman–Crippen MR) is 88.3 cm³/mol. The zero-order chi connectivity index (χ0) is 16.4. The molecule has 4 nitrogen and oxygen atoms in total. The molecule has 124 valence electrons. The molecule has 0 aliphatic carbocycles. The summed E-state index contributed by atoms with van der Waals surface area (Å²) in [5.74, 6) is 0.177. The van der Waals surface area contributed by atoms with Crippen LogP contribution >= 0.6 is 0 Å². The molecule has 2 N–H and O–H groups in total. The summed E-state index contributed by atoms with van der Waals surface area (Å²) >= 11 is 0. The largest absolute Gasteiger partial charge is 0.487 e. The van der Waals surface area contributed by atoms with E-state index in [4.69, 9.17) is 4.74 Å². The molecule has 23 heavy (non-hydrogen) atoms. The first-order valence-corrected chi connectivity index (χ1v) is 8.34. The Morgan fingerprint density at radius 3 is 3.13 bits per heavy atom. The van der Waals surface area contributed by atoms with Gasteiger partial charge in [0.15, 0.2) is 11.6 Å². The maximum absolute atomic E-state index is 14.1. The highest BCUT2D eigenvalue weighted by Gasteiger charge is 2.27. The molecule has 0 saturated heterocycles. The Morgan fingerprint density at radius 2 is 2.35 bits per heavy atom. The second-order valence-corrected chi connectivity index (χ2v) is 6.24. The van der Waals surface area contributed by atoms with Crippen molar-refractivity contribution >= 4 is 16.8 Å². The average molecular weight is 318 g/mol. The zero-order valence-corrected chi connectivity index (χ0v) is 13.7.